The lowest BCUT2D eigenvalue weighted by Crippen LogP contribution is -2.32. The van der Waals surface area contributed by atoms with E-state index >= 15 is 0 Å². The highest BCUT2D eigenvalue weighted by molar-refractivity contribution is 5.99. The third kappa shape index (κ3) is 4.23. The van der Waals surface area contributed by atoms with E-state index in [1.807, 2.05) is 30.3 Å². The van der Waals surface area contributed by atoms with E-state index in [0.29, 0.717) is 5.92 Å². The number of hydrogen-bond donors (Lipinski definition) is 2. The van der Waals surface area contributed by atoms with E-state index in [4.69, 9.17) is 4.74 Å². The zero-order valence-electron chi connectivity index (χ0n) is 19.2. The lowest BCUT2D eigenvalue weighted by Gasteiger charge is -2.32. The average molecular weight is 457 g/mol. The maximum atomic E-state index is 12.8. The molecule has 3 aromatic rings. The highest BCUT2D eigenvalue weighted by Crippen LogP contribution is 2.44. The minimum absolute atomic E-state index is 0.0441. The number of anilines is 2. The Bertz CT molecular complexity index is 1190. The summed E-state index contributed by atoms with van der Waals surface area (Å²) in [6.45, 7) is 4.25. The molecule has 6 heteroatoms. The topological polar surface area (TPSA) is 78.9 Å². The van der Waals surface area contributed by atoms with Gasteiger partial charge in [-0.3, -0.25) is 5.32 Å². The maximum Gasteiger partial charge on any atom is 0.411 e. The van der Waals surface area contributed by atoms with Crippen LogP contribution in [0, 0.1) is 5.92 Å². The number of carboxylic acids is 1. The van der Waals surface area contributed by atoms with E-state index in [1.165, 1.54) is 0 Å². The van der Waals surface area contributed by atoms with Crippen LogP contribution in [0.2, 0.25) is 0 Å². The summed E-state index contributed by atoms with van der Waals surface area (Å²) in [5.41, 5.74) is 5.77. The molecule has 34 heavy (non-hydrogen) atoms. The molecular formula is C28H28N2O4. The minimum Gasteiger partial charge on any atom is -0.478 e. The normalized spacial score (nSPS) is 15.5. The Morgan fingerprint density at radius 2 is 1.59 bits per heavy atom. The van der Waals surface area contributed by atoms with Gasteiger partial charge < -0.3 is 14.7 Å². The zero-order chi connectivity index (χ0) is 23.7. The fraction of sp³-hybridized carbons (Fsp3) is 0.286. The van der Waals surface area contributed by atoms with Crippen molar-refractivity contribution in [1.82, 2.24) is 0 Å². The van der Waals surface area contributed by atoms with Crippen LogP contribution in [0.1, 0.15) is 47.2 Å². The number of piperidine rings is 1. The van der Waals surface area contributed by atoms with Crippen LogP contribution in [-0.2, 0) is 4.74 Å². The summed E-state index contributed by atoms with van der Waals surface area (Å²) in [7, 11) is 0. The van der Waals surface area contributed by atoms with Crippen LogP contribution in [0.3, 0.4) is 0 Å². The van der Waals surface area contributed by atoms with Crippen LogP contribution in [0.4, 0.5) is 16.2 Å². The van der Waals surface area contributed by atoms with Gasteiger partial charge in [0.05, 0.1) is 11.3 Å². The fourth-order valence-corrected chi connectivity index (χ4v) is 5.03. The molecule has 2 N–H and O–H groups in total. The van der Waals surface area contributed by atoms with Gasteiger partial charge >= 0.3 is 12.1 Å². The third-order valence-electron chi connectivity index (χ3n) is 6.96. The Balaban J connectivity index is 1.32. The van der Waals surface area contributed by atoms with Crippen LogP contribution < -0.4 is 10.2 Å². The van der Waals surface area contributed by atoms with Gasteiger partial charge in [0.1, 0.15) is 6.61 Å². The molecule has 0 radical (unpaired) electrons. The molecule has 174 valence electrons. The van der Waals surface area contributed by atoms with Crippen molar-refractivity contribution >= 4 is 23.4 Å². The molecule has 1 heterocycles. The predicted molar refractivity (Wildman–Crippen MR) is 133 cm³/mol. The van der Waals surface area contributed by atoms with Crippen molar-refractivity contribution in [2.45, 2.75) is 25.7 Å². The Hall–Kier alpha value is -3.80. The molecule has 3 aromatic carbocycles. The monoisotopic (exact) mass is 456 g/mol. The summed E-state index contributed by atoms with van der Waals surface area (Å²) in [5.74, 6) is -0.459. The number of hydrogen-bond acceptors (Lipinski definition) is 4. The Morgan fingerprint density at radius 3 is 2.21 bits per heavy atom. The van der Waals surface area contributed by atoms with E-state index in [2.05, 4.69) is 41.4 Å². The first kappa shape index (κ1) is 22.0. The van der Waals surface area contributed by atoms with Gasteiger partial charge in [-0.25, -0.2) is 9.59 Å². The molecule has 1 amide bonds. The Labute approximate surface area is 199 Å². The molecule has 0 bridgehead atoms. The molecule has 1 saturated heterocycles. The molecule has 0 saturated carbocycles. The largest absolute Gasteiger partial charge is 0.478 e. The van der Waals surface area contributed by atoms with Gasteiger partial charge in [-0.15, -0.1) is 0 Å². The molecule has 0 unspecified atom stereocenters. The number of rotatable bonds is 5. The maximum absolute atomic E-state index is 12.8. The number of nitrogens with one attached hydrogen (secondary N) is 1. The molecule has 1 fully saturated rings. The molecule has 1 aliphatic heterocycles. The van der Waals surface area contributed by atoms with Crippen molar-refractivity contribution in [3.05, 3.63) is 83.4 Å². The summed E-state index contributed by atoms with van der Waals surface area (Å²) < 4.78 is 5.62. The van der Waals surface area contributed by atoms with Crippen molar-refractivity contribution in [2.75, 3.05) is 29.9 Å². The third-order valence-corrected chi connectivity index (χ3v) is 6.96. The highest BCUT2D eigenvalue weighted by Gasteiger charge is 2.29. The summed E-state index contributed by atoms with van der Waals surface area (Å²) in [6.07, 6.45) is 1.53. The van der Waals surface area contributed by atoms with Crippen LogP contribution in [0.15, 0.2) is 66.7 Å². The van der Waals surface area contributed by atoms with Crippen LogP contribution in [-0.4, -0.2) is 36.9 Å². The predicted octanol–water partition coefficient (Wildman–Crippen LogP) is 5.98. The quantitative estimate of drug-likeness (QED) is 0.494. The van der Waals surface area contributed by atoms with Gasteiger partial charge in [-0.2, -0.15) is 0 Å². The summed E-state index contributed by atoms with van der Waals surface area (Å²) in [4.78, 5) is 26.8. The number of amides is 1. The molecule has 0 aromatic heterocycles. The SMILES string of the molecule is CC1CCN(c2ccc(C(=O)O)c(NC(=O)OCC3c4ccccc4-c4ccccc43)c2)CC1. The number of ether oxygens (including phenoxy) is 1. The molecule has 1 aliphatic carbocycles. The average Bonchev–Trinajstić information content (AvgIpc) is 3.17. The number of fused-ring (bicyclic) bond motifs is 3. The summed E-state index contributed by atoms with van der Waals surface area (Å²) in [5, 5.41) is 12.3. The second-order valence-electron chi connectivity index (χ2n) is 9.16. The molecule has 6 nitrogen and oxygen atoms in total. The van der Waals surface area contributed by atoms with Crippen molar-refractivity contribution in [3.63, 3.8) is 0 Å². The van der Waals surface area contributed by atoms with Crippen LogP contribution >= 0.6 is 0 Å². The Morgan fingerprint density at radius 1 is 0.971 bits per heavy atom. The van der Waals surface area contributed by atoms with Gasteiger partial charge in [0.15, 0.2) is 0 Å². The van der Waals surface area contributed by atoms with E-state index in [9.17, 15) is 14.7 Å². The van der Waals surface area contributed by atoms with Crippen molar-refractivity contribution in [2.24, 2.45) is 5.92 Å². The molecule has 2 aliphatic rings. The molecule has 0 atom stereocenters. The van der Waals surface area contributed by atoms with Crippen molar-refractivity contribution in [3.8, 4) is 11.1 Å². The van der Waals surface area contributed by atoms with Gasteiger partial charge in [-0.05, 0) is 59.2 Å². The molecule has 0 spiro atoms. The lowest BCUT2D eigenvalue weighted by atomic mass is 9.98. The van der Waals surface area contributed by atoms with Gasteiger partial charge in [0.2, 0.25) is 0 Å². The lowest BCUT2D eigenvalue weighted by molar-refractivity contribution is 0.0698. The first-order valence-corrected chi connectivity index (χ1v) is 11.8. The van der Waals surface area contributed by atoms with Gasteiger partial charge in [-0.1, -0.05) is 55.5 Å². The van der Waals surface area contributed by atoms with E-state index < -0.39 is 12.1 Å². The van der Waals surface area contributed by atoms with Crippen molar-refractivity contribution in [1.29, 1.82) is 0 Å². The minimum atomic E-state index is -1.09. The van der Waals surface area contributed by atoms with Crippen LogP contribution in [0.25, 0.3) is 11.1 Å². The highest BCUT2D eigenvalue weighted by atomic mass is 16.5. The van der Waals surface area contributed by atoms with Gasteiger partial charge in [0.25, 0.3) is 0 Å². The first-order chi connectivity index (χ1) is 16.5. The summed E-state index contributed by atoms with van der Waals surface area (Å²) >= 11 is 0. The smallest absolute Gasteiger partial charge is 0.411 e. The first-order valence-electron chi connectivity index (χ1n) is 11.8. The van der Waals surface area contributed by atoms with E-state index in [1.54, 1.807) is 12.1 Å². The standard InChI is InChI=1S/C28H28N2O4/c1-18-12-14-30(15-13-18)19-10-11-24(27(31)32)26(16-19)29-28(33)34-17-25-22-8-4-2-6-20(22)21-7-3-5-9-23(21)25/h2-11,16,18,25H,12-15,17H2,1H3,(H,29,33)(H,31,32). The van der Waals surface area contributed by atoms with Gasteiger partial charge in [0, 0.05) is 24.7 Å². The molecule has 5 rings (SSSR count). The number of carbonyl (C=O) groups is 2. The second-order valence-corrected chi connectivity index (χ2v) is 9.16. The number of carboxylic acid groups (broad SMARTS) is 1. The summed E-state index contributed by atoms with van der Waals surface area (Å²) in [6, 6.07) is 21.4. The number of nitrogens with zero attached hydrogens (tertiary/aromatic N) is 1. The van der Waals surface area contributed by atoms with E-state index in [0.717, 1.165) is 53.9 Å². The Kier molecular flexibility index (Phi) is 5.97. The van der Waals surface area contributed by atoms with E-state index in [-0.39, 0.29) is 23.8 Å². The fourth-order valence-electron chi connectivity index (χ4n) is 5.03. The number of aromatic carboxylic acids is 1. The van der Waals surface area contributed by atoms with Crippen molar-refractivity contribution < 1.29 is 19.4 Å². The zero-order valence-corrected chi connectivity index (χ0v) is 19.2. The van der Waals surface area contributed by atoms with Crippen LogP contribution in [0.5, 0.6) is 0 Å². The second kappa shape index (κ2) is 9.21. The molecular weight excluding hydrogens is 428 g/mol. The number of carbonyl (C=O) groups excluding carboxylic acids is 1. The number of benzene rings is 3.